The first kappa shape index (κ1) is 14.8. The van der Waals surface area contributed by atoms with Crippen molar-refractivity contribution in [3.8, 4) is 0 Å². The van der Waals surface area contributed by atoms with Crippen molar-refractivity contribution in [2.45, 2.75) is 31.6 Å². The number of ether oxygens (including phenoxy) is 2. The molecule has 1 aliphatic rings. The number of carbonyl (C=O) groups excluding carboxylic acids is 1. The SMILES string of the molecule is CO[C@H]1C[C@@H](CCO)N(C(=O)OCc2ccccc2)C1. The summed E-state index contributed by atoms with van der Waals surface area (Å²) >= 11 is 0. The van der Waals surface area contributed by atoms with Gasteiger partial charge in [0.2, 0.25) is 0 Å². The minimum atomic E-state index is -0.341. The van der Waals surface area contributed by atoms with Crippen molar-refractivity contribution in [1.29, 1.82) is 0 Å². The van der Waals surface area contributed by atoms with Crippen LogP contribution in [0.5, 0.6) is 0 Å². The van der Waals surface area contributed by atoms with Crippen molar-refractivity contribution >= 4 is 6.09 Å². The molecule has 20 heavy (non-hydrogen) atoms. The Morgan fingerprint density at radius 2 is 2.15 bits per heavy atom. The molecule has 1 aromatic rings. The maximum atomic E-state index is 12.1. The van der Waals surface area contributed by atoms with Gasteiger partial charge in [0, 0.05) is 19.8 Å². The fourth-order valence-corrected chi connectivity index (χ4v) is 2.49. The molecule has 1 N–H and O–H groups in total. The van der Waals surface area contributed by atoms with E-state index in [9.17, 15) is 4.79 Å². The molecular formula is C15H21NO4. The van der Waals surface area contributed by atoms with E-state index in [2.05, 4.69) is 0 Å². The lowest BCUT2D eigenvalue weighted by Gasteiger charge is -2.23. The Balaban J connectivity index is 1.90. The molecule has 0 radical (unpaired) electrons. The average Bonchev–Trinajstić information content (AvgIpc) is 2.89. The molecular weight excluding hydrogens is 258 g/mol. The summed E-state index contributed by atoms with van der Waals surface area (Å²) in [6.45, 7) is 0.845. The third-order valence-electron chi connectivity index (χ3n) is 3.61. The predicted octanol–water partition coefficient (Wildman–Crippen LogP) is 1.79. The van der Waals surface area contributed by atoms with Crippen LogP contribution < -0.4 is 0 Å². The third-order valence-corrected chi connectivity index (χ3v) is 3.61. The number of nitrogens with zero attached hydrogens (tertiary/aromatic N) is 1. The number of carbonyl (C=O) groups is 1. The van der Waals surface area contributed by atoms with Gasteiger partial charge in [-0.25, -0.2) is 4.79 Å². The second kappa shape index (κ2) is 7.26. The van der Waals surface area contributed by atoms with Crippen molar-refractivity contribution < 1.29 is 19.4 Å². The van der Waals surface area contributed by atoms with Crippen LogP contribution in [0.1, 0.15) is 18.4 Å². The summed E-state index contributed by atoms with van der Waals surface area (Å²) in [5, 5.41) is 9.07. The average molecular weight is 279 g/mol. The van der Waals surface area contributed by atoms with E-state index in [1.165, 1.54) is 0 Å². The van der Waals surface area contributed by atoms with E-state index in [1.807, 2.05) is 30.3 Å². The van der Waals surface area contributed by atoms with E-state index in [0.29, 0.717) is 13.0 Å². The first-order valence-electron chi connectivity index (χ1n) is 6.85. The predicted molar refractivity (Wildman–Crippen MR) is 74.2 cm³/mol. The molecule has 0 saturated carbocycles. The molecule has 2 rings (SSSR count). The number of likely N-dealkylation sites (tertiary alicyclic amines) is 1. The van der Waals surface area contributed by atoms with E-state index in [4.69, 9.17) is 14.6 Å². The van der Waals surface area contributed by atoms with Gasteiger partial charge in [-0.15, -0.1) is 0 Å². The highest BCUT2D eigenvalue weighted by atomic mass is 16.6. The lowest BCUT2D eigenvalue weighted by atomic mass is 10.1. The lowest BCUT2D eigenvalue weighted by Crippen LogP contribution is -2.37. The van der Waals surface area contributed by atoms with Crippen molar-refractivity contribution in [2.75, 3.05) is 20.3 Å². The van der Waals surface area contributed by atoms with E-state index < -0.39 is 0 Å². The monoisotopic (exact) mass is 279 g/mol. The zero-order valence-corrected chi connectivity index (χ0v) is 11.7. The Labute approximate surface area is 119 Å². The molecule has 0 unspecified atom stereocenters. The van der Waals surface area contributed by atoms with Crippen LogP contribution in [-0.4, -0.2) is 48.5 Å². The van der Waals surface area contributed by atoms with E-state index in [0.717, 1.165) is 12.0 Å². The highest BCUT2D eigenvalue weighted by Gasteiger charge is 2.35. The van der Waals surface area contributed by atoms with Crippen LogP contribution in [0.2, 0.25) is 0 Å². The standard InChI is InChI=1S/C15H21NO4/c1-19-14-9-13(7-8-17)16(10-14)15(18)20-11-12-5-3-2-4-6-12/h2-6,13-14,17H,7-11H2,1H3/t13-,14+/m1/s1. The fraction of sp³-hybridized carbons (Fsp3) is 0.533. The van der Waals surface area contributed by atoms with E-state index >= 15 is 0 Å². The molecule has 5 nitrogen and oxygen atoms in total. The van der Waals surface area contributed by atoms with Gasteiger partial charge in [-0.1, -0.05) is 30.3 Å². The van der Waals surface area contributed by atoms with Crippen LogP contribution >= 0.6 is 0 Å². The Bertz CT molecular complexity index is 423. The van der Waals surface area contributed by atoms with E-state index in [1.54, 1.807) is 12.0 Å². The molecule has 1 fully saturated rings. The van der Waals surface area contributed by atoms with Crippen LogP contribution in [0.3, 0.4) is 0 Å². The molecule has 1 aliphatic heterocycles. The van der Waals surface area contributed by atoms with E-state index in [-0.39, 0.29) is 31.5 Å². The van der Waals surface area contributed by atoms with Crippen molar-refractivity contribution in [1.82, 2.24) is 4.90 Å². The molecule has 1 amide bonds. The van der Waals surface area contributed by atoms with Gasteiger partial charge in [-0.3, -0.25) is 0 Å². The normalized spacial score (nSPS) is 22.0. The van der Waals surface area contributed by atoms with Crippen LogP contribution in [-0.2, 0) is 16.1 Å². The maximum Gasteiger partial charge on any atom is 0.410 e. The largest absolute Gasteiger partial charge is 0.445 e. The Hall–Kier alpha value is -1.59. The van der Waals surface area contributed by atoms with Crippen molar-refractivity contribution in [3.63, 3.8) is 0 Å². The van der Waals surface area contributed by atoms with Gasteiger partial charge in [-0.2, -0.15) is 0 Å². The highest BCUT2D eigenvalue weighted by molar-refractivity contribution is 5.68. The number of rotatable bonds is 5. The third kappa shape index (κ3) is 3.71. The second-order valence-corrected chi connectivity index (χ2v) is 4.95. The fourth-order valence-electron chi connectivity index (χ4n) is 2.49. The number of benzene rings is 1. The minimum absolute atomic E-state index is 0.00627. The molecule has 0 aliphatic carbocycles. The van der Waals surface area contributed by atoms with Crippen LogP contribution in [0.25, 0.3) is 0 Å². The van der Waals surface area contributed by atoms with Gasteiger partial charge >= 0.3 is 6.09 Å². The summed E-state index contributed by atoms with van der Waals surface area (Å²) in [6.07, 6.45) is 0.986. The Morgan fingerprint density at radius 3 is 2.80 bits per heavy atom. The molecule has 0 aromatic heterocycles. The Kier molecular flexibility index (Phi) is 5.38. The first-order chi connectivity index (χ1) is 9.74. The van der Waals surface area contributed by atoms with Gasteiger partial charge in [0.25, 0.3) is 0 Å². The molecule has 5 heteroatoms. The van der Waals surface area contributed by atoms with Gasteiger partial charge in [0.1, 0.15) is 6.61 Å². The summed E-state index contributed by atoms with van der Waals surface area (Å²) in [5.41, 5.74) is 0.960. The highest BCUT2D eigenvalue weighted by Crippen LogP contribution is 2.23. The quantitative estimate of drug-likeness (QED) is 0.893. The number of aliphatic hydroxyl groups excluding tert-OH is 1. The topological polar surface area (TPSA) is 59.0 Å². The number of methoxy groups -OCH3 is 1. The second-order valence-electron chi connectivity index (χ2n) is 4.95. The molecule has 1 aromatic carbocycles. The summed E-state index contributed by atoms with van der Waals surface area (Å²) in [7, 11) is 1.64. The number of amides is 1. The van der Waals surface area contributed by atoms with Crippen molar-refractivity contribution in [2.24, 2.45) is 0 Å². The summed E-state index contributed by atoms with van der Waals surface area (Å²) in [6, 6.07) is 9.57. The number of hydrogen-bond donors (Lipinski definition) is 1. The maximum absolute atomic E-state index is 12.1. The minimum Gasteiger partial charge on any atom is -0.445 e. The summed E-state index contributed by atoms with van der Waals surface area (Å²) in [5.74, 6) is 0. The van der Waals surface area contributed by atoms with Crippen molar-refractivity contribution in [3.05, 3.63) is 35.9 Å². The molecule has 1 saturated heterocycles. The molecule has 2 atom stereocenters. The lowest BCUT2D eigenvalue weighted by molar-refractivity contribution is 0.0779. The zero-order valence-electron chi connectivity index (χ0n) is 11.7. The zero-order chi connectivity index (χ0) is 14.4. The molecule has 0 spiro atoms. The smallest absolute Gasteiger partial charge is 0.410 e. The van der Waals surface area contributed by atoms with Crippen LogP contribution in [0.15, 0.2) is 30.3 Å². The first-order valence-corrected chi connectivity index (χ1v) is 6.85. The molecule has 110 valence electrons. The van der Waals surface area contributed by atoms with Gasteiger partial charge < -0.3 is 19.5 Å². The summed E-state index contributed by atoms with van der Waals surface area (Å²) < 4.78 is 10.6. The van der Waals surface area contributed by atoms with Crippen LogP contribution in [0, 0.1) is 0 Å². The number of hydrogen-bond acceptors (Lipinski definition) is 4. The molecule has 1 heterocycles. The summed E-state index contributed by atoms with van der Waals surface area (Å²) in [4.78, 5) is 13.8. The Morgan fingerprint density at radius 1 is 1.40 bits per heavy atom. The van der Waals surface area contributed by atoms with Gasteiger partial charge in [-0.05, 0) is 18.4 Å². The van der Waals surface area contributed by atoms with Crippen LogP contribution in [0.4, 0.5) is 4.79 Å². The van der Waals surface area contributed by atoms with Gasteiger partial charge in [0.15, 0.2) is 0 Å². The molecule has 0 bridgehead atoms. The van der Waals surface area contributed by atoms with Gasteiger partial charge in [0.05, 0.1) is 12.6 Å². The number of aliphatic hydroxyl groups is 1.